The third-order valence-corrected chi connectivity index (χ3v) is 4.04. The first-order valence-corrected chi connectivity index (χ1v) is 8.54. The molecule has 6 heteroatoms. The van der Waals surface area contributed by atoms with Crippen molar-refractivity contribution < 1.29 is 14.3 Å². The van der Waals surface area contributed by atoms with E-state index in [1.807, 2.05) is 0 Å². The third kappa shape index (κ3) is 5.63. The van der Waals surface area contributed by atoms with E-state index in [9.17, 15) is 9.59 Å². The van der Waals surface area contributed by atoms with E-state index in [2.05, 4.69) is 34.3 Å². The molecule has 0 saturated carbocycles. The summed E-state index contributed by atoms with van der Waals surface area (Å²) in [7, 11) is 1.32. The van der Waals surface area contributed by atoms with Crippen molar-refractivity contribution in [2.75, 3.05) is 33.3 Å². The SMILES string of the molecule is COC(=O)c1ccc(C#CCNC(=O)C2CCNCC2)cc1C#CCN. The Labute approximate surface area is 153 Å². The van der Waals surface area contributed by atoms with Gasteiger partial charge in [-0.2, -0.15) is 0 Å². The molecule has 0 aromatic heterocycles. The van der Waals surface area contributed by atoms with Gasteiger partial charge in [0.05, 0.1) is 25.8 Å². The average Bonchev–Trinajstić information content (AvgIpc) is 2.69. The summed E-state index contributed by atoms with van der Waals surface area (Å²) < 4.78 is 4.75. The van der Waals surface area contributed by atoms with Gasteiger partial charge in [0.2, 0.25) is 5.91 Å². The number of esters is 1. The molecule has 0 bridgehead atoms. The Bertz CT molecular complexity index is 775. The number of hydrogen-bond donors (Lipinski definition) is 3. The van der Waals surface area contributed by atoms with Crippen LogP contribution < -0.4 is 16.4 Å². The van der Waals surface area contributed by atoms with Crippen molar-refractivity contribution in [1.29, 1.82) is 0 Å². The van der Waals surface area contributed by atoms with Crippen molar-refractivity contribution in [1.82, 2.24) is 10.6 Å². The summed E-state index contributed by atoms with van der Waals surface area (Å²) in [4.78, 5) is 23.8. The predicted molar refractivity (Wildman–Crippen MR) is 99.2 cm³/mol. The Morgan fingerprint density at radius 1 is 1.27 bits per heavy atom. The Balaban J connectivity index is 2.02. The van der Waals surface area contributed by atoms with Gasteiger partial charge in [0.25, 0.3) is 0 Å². The molecule has 1 heterocycles. The molecule has 1 aromatic carbocycles. The smallest absolute Gasteiger partial charge is 0.339 e. The van der Waals surface area contributed by atoms with Crippen molar-refractivity contribution in [2.45, 2.75) is 12.8 Å². The number of nitrogens with one attached hydrogen (secondary N) is 2. The van der Waals surface area contributed by atoms with Gasteiger partial charge in [-0.25, -0.2) is 4.79 Å². The molecule has 136 valence electrons. The van der Waals surface area contributed by atoms with Gasteiger partial charge in [0.15, 0.2) is 0 Å². The van der Waals surface area contributed by atoms with Gasteiger partial charge in [-0.1, -0.05) is 23.7 Å². The monoisotopic (exact) mass is 353 g/mol. The van der Waals surface area contributed by atoms with Crippen molar-refractivity contribution in [2.24, 2.45) is 11.7 Å². The molecule has 1 aliphatic heterocycles. The van der Waals surface area contributed by atoms with Gasteiger partial charge in [-0.15, -0.1) is 0 Å². The van der Waals surface area contributed by atoms with Crippen molar-refractivity contribution in [3.05, 3.63) is 34.9 Å². The predicted octanol–water partition coefficient (Wildman–Crippen LogP) is 0.251. The largest absolute Gasteiger partial charge is 0.465 e. The molecule has 6 nitrogen and oxygen atoms in total. The van der Waals surface area contributed by atoms with E-state index >= 15 is 0 Å². The van der Waals surface area contributed by atoms with Crippen LogP contribution in [0.4, 0.5) is 0 Å². The molecule has 4 N–H and O–H groups in total. The van der Waals surface area contributed by atoms with Gasteiger partial charge in [0, 0.05) is 17.0 Å². The lowest BCUT2D eigenvalue weighted by molar-refractivity contribution is -0.125. The van der Waals surface area contributed by atoms with E-state index in [4.69, 9.17) is 10.5 Å². The molecule has 1 saturated heterocycles. The third-order valence-electron chi connectivity index (χ3n) is 4.04. The first-order chi connectivity index (χ1) is 12.7. The zero-order valence-corrected chi connectivity index (χ0v) is 14.9. The molecule has 1 aromatic rings. The number of benzene rings is 1. The van der Waals surface area contributed by atoms with Crippen molar-refractivity contribution in [3.8, 4) is 23.7 Å². The van der Waals surface area contributed by atoms with E-state index in [0.717, 1.165) is 25.9 Å². The van der Waals surface area contributed by atoms with Gasteiger partial charge >= 0.3 is 5.97 Å². The molecule has 0 unspecified atom stereocenters. The molecular formula is C20H23N3O3. The number of carbonyl (C=O) groups is 2. The van der Waals surface area contributed by atoms with Crippen LogP contribution in [0.15, 0.2) is 18.2 Å². The first kappa shape index (κ1) is 19.5. The van der Waals surface area contributed by atoms with Crippen molar-refractivity contribution >= 4 is 11.9 Å². The Hall–Kier alpha value is -2.80. The van der Waals surface area contributed by atoms with Crippen molar-refractivity contribution in [3.63, 3.8) is 0 Å². The van der Waals surface area contributed by atoms with E-state index in [0.29, 0.717) is 16.7 Å². The fourth-order valence-electron chi connectivity index (χ4n) is 2.67. The highest BCUT2D eigenvalue weighted by molar-refractivity contribution is 5.92. The maximum absolute atomic E-state index is 12.0. The normalized spacial score (nSPS) is 13.6. The molecule has 1 fully saturated rings. The molecule has 26 heavy (non-hydrogen) atoms. The van der Waals surface area contributed by atoms with Crippen LogP contribution in [0.2, 0.25) is 0 Å². The molecule has 0 radical (unpaired) electrons. The highest BCUT2D eigenvalue weighted by atomic mass is 16.5. The Morgan fingerprint density at radius 2 is 2.04 bits per heavy atom. The Morgan fingerprint density at radius 3 is 2.73 bits per heavy atom. The highest BCUT2D eigenvalue weighted by Crippen LogP contribution is 2.12. The zero-order valence-electron chi connectivity index (χ0n) is 14.9. The summed E-state index contributed by atoms with van der Waals surface area (Å²) in [6.45, 7) is 2.23. The fourth-order valence-corrected chi connectivity index (χ4v) is 2.67. The van der Waals surface area contributed by atoms with E-state index in [-0.39, 0.29) is 24.9 Å². The van der Waals surface area contributed by atoms with Crippen LogP contribution >= 0.6 is 0 Å². The number of ether oxygens (including phenoxy) is 1. The maximum atomic E-state index is 12.0. The van der Waals surface area contributed by atoms with Crippen LogP contribution in [0.3, 0.4) is 0 Å². The summed E-state index contributed by atoms with van der Waals surface area (Å²) in [6, 6.07) is 5.07. The lowest BCUT2D eigenvalue weighted by Crippen LogP contribution is -2.38. The molecule has 0 aliphatic carbocycles. The van der Waals surface area contributed by atoms with Crippen LogP contribution in [-0.2, 0) is 9.53 Å². The average molecular weight is 353 g/mol. The van der Waals surface area contributed by atoms with Gasteiger partial charge in [0.1, 0.15) is 0 Å². The van der Waals surface area contributed by atoms with Crippen LogP contribution in [-0.4, -0.2) is 45.2 Å². The number of amides is 1. The summed E-state index contributed by atoms with van der Waals surface area (Å²) >= 11 is 0. The first-order valence-electron chi connectivity index (χ1n) is 8.54. The summed E-state index contributed by atoms with van der Waals surface area (Å²) in [5, 5.41) is 6.09. The van der Waals surface area contributed by atoms with Gasteiger partial charge in [-0.3, -0.25) is 4.79 Å². The number of piperidine rings is 1. The molecule has 1 amide bonds. The highest BCUT2D eigenvalue weighted by Gasteiger charge is 2.19. The Kier molecular flexibility index (Phi) is 7.70. The number of nitrogens with two attached hydrogens (primary N) is 1. The minimum absolute atomic E-state index is 0.0522. The molecule has 0 spiro atoms. The maximum Gasteiger partial charge on any atom is 0.339 e. The van der Waals surface area contributed by atoms with Gasteiger partial charge in [-0.05, 0) is 44.1 Å². The number of rotatable bonds is 3. The second kappa shape index (κ2) is 10.2. The zero-order chi connectivity index (χ0) is 18.8. The summed E-state index contributed by atoms with van der Waals surface area (Å²) in [5.74, 6) is 11.2. The standard InChI is InChI=1S/C20H23N3O3/c1-26-20(25)18-7-6-15(14-17(18)5-2-10-21)4-3-11-23-19(24)16-8-12-22-13-9-16/h6-7,14,16,22H,8-13,21H2,1H3,(H,23,24). The topological polar surface area (TPSA) is 93.4 Å². The minimum Gasteiger partial charge on any atom is -0.465 e. The fraction of sp³-hybridized carbons (Fsp3) is 0.400. The number of carbonyl (C=O) groups excluding carboxylic acids is 2. The molecule has 1 aliphatic rings. The van der Waals surface area contributed by atoms with E-state index in [1.54, 1.807) is 18.2 Å². The molecular weight excluding hydrogens is 330 g/mol. The van der Waals surface area contributed by atoms with Crippen LogP contribution in [0.25, 0.3) is 0 Å². The molecule has 2 rings (SSSR count). The quantitative estimate of drug-likeness (QED) is 0.535. The minimum atomic E-state index is -0.458. The van der Waals surface area contributed by atoms with E-state index in [1.165, 1.54) is 7.11 Å². The number of methoxy groups -OCH3 is 1. The van der Waals surface area contributed by atoms with Crippen LogP contribution in [0.1, 0.15) is 34.3 Å². The summed E-state index contributed by atoms with van der Waals surface area (Å²) in [6.07, 6.45) is 1.72. The lowest BCUT2D eigenvalue weighted by Gasteiger charge is -2.21. The second-order valence-corrected chi connectivity index (χ2v) is 5.80. The van der Waals surface area contributed by atoms with Crippen LogP contribution in [0.5, 0.6) is 0 Å². The summed E-state index contributed by atoms with van der Waals surface area (Å²) in [5.41, 5.74) is 7.00. The molecule has 0 atom stereocenters. The lowest BCUT2D eigenvalue weighted by atomic mass is 9.97. The van der Waals surface area contributed by atoms with Gasteiger partial charge < -0.3 is 21.1 Å². The number of hydrogen-bond acceptors (Lipinski definition) is 5. The van der Waals surface area contributed by atoms with Crippen LogP contribution in [0, 0.1) is 29.6 Å². The van der Waals surface area contributed by atoms with E-state index < -0.39 is 5.97 Å². The second-order valence-electron chi connectivity index (χ2n) is 5.80.